The van der Waals surface area contributed by atoms with Crippen LogP contribution in [0.5, 0.6) is 5.75 Å². The van der Waals surface area contributed by atoms with Crippen LogP contribution in [0.3, 0.4) is 0 Å². The Morgan fingerprint density at radius 1 is 1.19 bits per heavy atom. The molecule has 3 aliphatic rings. The van der Waals surface area contributed by atoms with Gasteiger partial charge in [-0.1, -0.05) is 0 Å². The Labute approximate surface area is 151 Å². The van der Waals surface area contributed by atoms with E-state index in [9.17, 15) is 5.21 Å². The van der Waals surface area contributed by atoms with Crippen molar-refractivity contribution in [2.24, 2.45) is 4.99 Å². The molecule has 1 aromatic carbocycles. The van der Waals surface area contributed by atoms with Crippen molar-refractivity contribution in [2.75, 3.05) is 45.1 Å². The predicted molar refractivity (Wildman–Crippen MR) is 95.8 cm³/mol. The first-order valence-corrected chi connectivity index (χ1v) is 8.54. The van der Waals surface area contributed by atoms with Crippen molar-refractivity contribution < 1.29 is 14.7 Å². The van der Waals surface area contributed by atoms with Crippen molar-refractivity contribution >= 4 is 12.0 Å². The van der Waals surface area contributed by atoms with E-state index in [2.05, 4.69) is 15.3 Å². The number of nitrogens with two attached hydrogens (primary N) is 1. The molecule has 1 aromatic rings. The van der Waals surface area contributed by atoms with Gasteiger partial charge in [0.25, 0.3) is 0 Å². The second kappa shape index (κ2) is 7.24. The van der Waals surface area contributed by atoms with Crippen LogP contribution in [0.1, 0.15) is 0 Å². The number of aliphatic imine (C=N–C) groups is 1. The molecule has 138 valence electrons. The number of hydrazine groups is 1. The Bertz CT molecular complexity index is 739. The monoisotopic (exact) mass is 358 g/mol. The van der Waals surface area contributed by atoms with Crippen molar-refractivity contribution in [3.63, 3.8) is 0 Å². The molecule has 0 amide bonds. The van der Waals surface area contributed by atoms with E-state index in [1.807, 2.05) is 5.01 Å². The summed E-state index contributed by atoms with van der Waals surface area (Å²) in [5.41, 5.74) is 10.9. The molecule has 0 spiro atoms. The maximum Gasteiger partial charge on any atom is 0.240 e. The summed E-state index contributed by atoms with van der Waals surface area (Å²) < 4.78 is 11.3. The SMILES string of the molecule is Nc1ccc(OC2=C3C(=CN=CN3O)N(CCN3CCOCC3)N2)cc1. The van der Waals surface area contributed by atoms with Crippen molar-refractivity contribution in [1.82, 2.24) is 20.4 Å². The summed E-state index contributed by atoms with van der Waals surface area (Å²) >= 11 is 0. The van der Waals surface area contributed by atoms with E-state index < -0.39 is 0 Å². The maximum absolute atomic E-state index is 10.2. The molecule has 0 radical (unpaired) electrons. The zero-order valence-electron chi connectivity index (χ0n) is 14.3. The van der Waals surface area contributed by atoms with Crippen molar-refractivity contribution in [3.05, 3.63) is 47.7 Å². The van der Waals surface area contributed by atoms with E-state index in [1.165, 1.54) is 6.34 Å². The molecule has 9 heteroatoms. The van der Waals surface area contributed by atoms with Crippen LogP contribution in [-0.2, 0) is 4.74 Å². The van der Waals surface area contributed by atoms with E-state index in [0.717, 1.165) is 43.6 Å². The van der Waals surface area contributed by atoms with E-state index in [-0.39, 0.29) is 0 Å². The van der Waals surface area contributed by atoms with Gasteiger partial charge in [0, 0.05) is 25.3 Å². The van der Waals surface area contributed by atoms with Gasteiger partial charge >= 0.3 is 0 Å². The molecule has 4 N–H and O–H groups in total. The standard InChI is InChI=1S/C17H22N6O3/c18-13-1-3-14(4-2-13)26-17-16-15(11-19-12-23(16)24)22(20-17)6-5-21-7-9-25-10-8-21/h1-4,11-12,20,24H,5-10,18H2. The zero-order valence-corrected chi connectivity index (χ0v) is 14.3. The first kappa shape index (κ1) is 16.7. The van der Waals surface area contributed by atoms with E-state index in [0.29, 0.717) is 29.6 Å². The van der Waals surface area contributed by atoms with Crippen LogP contribution < -0.4 is 15.9 Å². The first-order valence-electron chi connectivity index (χ1n) is 8.54. The van der Waals surface area contributed by atoms with Gasteiger partial charge in [0.2, 0.25) is 5.88 Å². The van der Waals surface area contributed by atoms with Gasteiger partial charge < -0.3 is 15.2 Å². The average Bonchev–Trinajstić information content (AvgIpc) is 3.02. The van der Waals surface area contributed by atoms with Crippen LogP contribution >= 0.6 is 0 Å². The lowest BCUT2D eigenvalue weighted by Gasteiger charge is -2.30. The van der Waals surface area contributed by atoms with Gasteiger partial charge in [0.05, 0.1) is 26.0 Å². The van der Waals surface area contributed by atoms with E-state index in [4.69, 9.17) is 15.2 Å². The van der Waals surface area contributed by atoms with Crippen LogP contribution in [0.15, 0.2) is 52.7 Å². The minimum atomic E-state index is 0.441. The minimum absolute atomic E-state index is 0.441. The Morgan fingerprint density at radius 2 is 1.96 bits per heavy atom. The fourth-order valence-corrected chi connectivity index (χ4v) is 3.02. The van der Waals surface area contributed by atoms with E-state index in [1.54, 1.807) is 30.5 Å². The van der Waals surface area contributed by atoms with Crippen LogP contribution in [-0.4, -0.2) is 65.9 Å². The number of benzene rings is 1. The van der Waals surface area contributed by atoms with Crippen molar-refractivity contribution in [1.29, 1.82) is 0 Å². The quantitative estimate of drug-likeness (QED) is 0.656. The molecule has 9 nitrogen and oxygen atoms in total. The molecular formula is C17H22N6O3. The zero-order chi connectivity index (χ0) is 17.9. The number of hydrogen-bond acceptors (Lipinski definition) is 9. The number of fused-ring (bicyclic) bond motifs is 1. The lowest BCUT2D eigenvalue weighted by Crippen LogP contribution is -2.43. The van der Waals surface area contributed by atoms with Gasteiger partial charge in [0.15, 0.2) is 5.70 Å². The fourth-order valence-electron chi connectivity index (χ4n) is 3.02. The summed E-state index contributed by atoms with van der Waals surface area (Å²) in [6, 6.07) is 7.09. The molecule has 3 aliphatic heterocycles. The van der Waals surface area contributed by atoms with Crippen molar-refractivity contribution in [2.45, 2.75) is 0 Å². The highest BCUT2D eigenvalue weighted by molar-refractivity contribution is 5.63. The highest BCUT2D eigenvalue weighted by atomic mass is 16.5. The second-order valence-corrected chi connectivity index (χ2v) is 6.19. The number of rotatable bonds is 5. The average molecular weight is 358 g/mol. The number of ether oxygens (including phenoxy) is 2. The third-order valence-corrected chi connectivity index (χ3v) is 4.43. The largest absolute Gasteiger partial charge is 0.437 e. The van der Waals surface area contributed by atoms with Crippen LogP contribution in [0.25, 0.3) is 0 Å². The van der Waals surface area contributed by atoms with Gasteiger partial charge in [-0.2, -0.15) is 0 Å². The number of nitrogens with one attached hydrogen (secondary N) is 1. The molecule has 1 saturated heterocycles. The number of hydroxylamine groups is 2. The molecule has 0 bridgehead atoms. The predicted octanol–water partition coefficient (Wildman–Crippen LogP) is 0.544. The highest BCUT2D eigenvalue weighted by Crippen LogP contribution is 2.30. The lowest BCUT2D eigenvalue weighted by atomic mass is 10.3. The summed E-state index contributed by atoms with van der Waals surface area (Å²) in [5.74, 6) is 1.07. The van der Waals surface area contributed by atoms with E-state index >= 15 is 0 Å². The first-order chi connectivity index (χ1) is 12.7. The van der Waals surface area contributed by atoms with Gasteiger partial charge in [0.1, 0.15) is 17.8 Å². The summed E-state index contributed by atoms with van der Waals surface area (Å²) in [6.45, 7) is 4.96. The Hall–Kier alpha value is -2.75. The van der Waals surface area contributed by atoms with Crippen LogP contribution in [0.4, 0.5) is 5.69 Å². The summed E-state index contributed by atoms with van der Waals surface area (Å²) in [7, 11) is 0. The second-order valence-electron chi connectivity index (χ2n) is 6.19. The van der Waals surface area contributed by atoms with Gasteiger partial charge in [-0.15, -0.1) is 0 Å². The molecule has 1 fully saturated rings. The molecule has 4 rings (SSSR count). The molecule has 26 heavy (non-hydrogen) atoms. The fraction of sp³-hybridized carbons (Fsp3) is 0.353. The normalized spacial score (nSPS) is 20.1. The molecule has 0 atom stereocenters. The van der Waals surface area contributed by atoms with Crippen molar-refractivity contribution in [3.8, 4) is 5.75 Å². The number of hydrogen-bond donors (Lipinski definition) is 3. The number of morpholine rings is 1. The molecular weight excluding hydrogens is 336 g/mol. The minimum Gasteiger partial charge on any atom is -0.437 e. The van der Waals surface area contributed by atoms with Gasteiger partial charge in [-0.05, 0) is 24.3 Å². The Kier molecular flexibility index (Phi) is 4.65. The smallest absolute Gasteiger partial charge is 0.240 e. The topological polar surface area (TPSA) is 98.8 Å². The number of nitrogens with zero attached hydrogens (tertiary/aromatic N) is 4. The Balaban J connectivity index is 1.48. The summed E-state index contributed by atoms with van der Waals surface area (Å²) in [4.78, 5) is 6.41. The molecule has 3 heterocycles. The van der Waals surface area contributed by atoms with Gasteiger partial charge in [-0.25, -0.2) is 10.1 Å². The number of nitrogen functional groups attached to an aromatic ring is 1. The molecule has 0 aromatic heterocycles. The number of anilines is 1. The third-order valence-electron chi connectivity index (χ3n) is 4.43. The summed E-state index contributed by atoms with van der Waals surface area (Å²) in [5, 5.41) is 13.1. The van der Waals surface area contributed by atoms with Crippen LogP contribution in [0, 0.1) is 0 Å². The lowest BCUT2D eigenvalue weighted by molar-refractivity contribution is 0.0247. The highest BCUT2D eigenvalue weighted by Gasteiger charge is 2.33. The van der Waals surface area contributed by atoms with Gasteiger partial charge in [-0.3, -0.25) is 20.5 Å². The Morgan fingerprint density at radius 3 is 2.73 bits per heavy atom. The van der Waals surface area contributed by atoms with Crippen LogP contribution in [0.2, 0.25) is 0 Å². The maximum atomic E-state index is 10.2. The molecule has 0 aliphatic carbocycles. The third kappa shape index (κ3) is 3.45. The summed E-state index contributed by atoms with van der Waals surface area (Å²) in [6.07, 6.45) is 3.03. The molecule has 0 unspecified atom stereocenters. The molecule has 0 saturated carbocycles.